The maximum Gasteiger partial charge on any atom is 0.308 e. The Morgan fingerprint density at radius 2 is 1.78 bits per heavy atom. The number of benzene rings is 2. The summed E-state index contributed by atoms with van der Waals surface area (Å²) in [5.41, 5.74) is 4.80. The molecule has 2 unspecified atom stereocenters. The number of aryl methyl sites for hydroxylation is 1. The molecule has 0 aliphatic carbocycles. The van der Waals surface area contributed by atoms with E-state index in [0.29, 0.717) is 19.4 Å². The van der Waals surface area contributed by atoms with Gasteiger partial charge >= 0.3 is 5.97 Å². The SMILES string of the molecule is Cc1ccc(-c2nc(C(C)C)n(CCC3CC(O)CC(=O)O3)c2-c2ccc(F)cc2)cc1. The number of hydrogen-bond acceptors (Lipinski definition) is 4. The molecule has 4 rings (SSSR count). The zero-order valence-corrected chi connectivity index (χ0v) is 18.7. The molecule has 32 heavy (non-hydrogen) atoms. The Morgan fingerprint density at radius 1 is 1.12 bits per heavy atom. The molecule has 0 bridgehead atoms. The minimum atomic E-state index is -0.659. The Morgan fingerprint density at radius 3 is 2.41 bits per heavy atom. The number of imidazole rings is 1. The van der Waals surface area contributed by atoms with Gasteiger partial charge in [0.1, 0.15) is 17.7 Å². The number of carbonyl (C=O) groups excluding carboxylic acids is 1. The summed E-state index contributed by atoms with van der Waals surface area (Å²) in [5.74, 6) is 0.432. The van der Waals surface area contributed by atoms with Crippen LogP contribution in [0.5, 0.6) is 0 Å². The Labute approximate surface area is 187 Å². The van der Waals surface area contributed by atoms with E-state index in [1.165, 1.54) is 17.7 Å². The molecule has 0 saturated carbocycles. The van der Waals surface area contributed by atoms with Crippen molar-refractivity contribution in [3.05, 3.63) is 65.7 Å². The second-order valence-electron chi connectivity index (χ2n) is 8.84. The molecule has 168 valence electrons. The summed E-state index contributed by atoms with van der Waals surface area (Å²) in [5, 5.41) is 9.97. The molecule has 1 N–H and O–H groups in total. The maximum atomic E-state index is 13.7. The van der Waals surface area contributed by atoms with Gasteiger partial charge in [0.05, 0.1) is 23.9 Å². The van der Waals surface area contributed by atoms with Crippen LogP contribution in [0.25, 0.3) is 22.5 Å². The van der Waals surface area contributed by atoms with Crippen molar-refractivity contribution in [1.29, 1.82) is 0 Å². The van der Waals surface area contributed by atoms with Crippen molar-refractivity contribution in [1.82, 2.24) is 9.55 Å². The highest BCUT2D eigenvalue weighted by Gasteiger charge is 2.28. The van der Waals surface area contributed by atoms with E-state index in [1.807, 2.05) is 6.92 Å². The van der Waals surface area contributed by atoms with Crippen LogP contribution in [0.2, 0.25) is 0 Å². The van der Waals surface area contributed by atoms with E-state index in [1.54, 1.807) is 12.1 Å². The summed E-state index contributed by atoms with van der Waals surface area (Å²) in [6, 6.07) is 14.7. The van der Waals surface area contributed by atoms with E-state index in [4.69, 9.17) is 9.72 Å². The first-order valence-electron chi connectivity index (χ1n) is 11.1. The highest BCUT2D eigenvalue weighted by molar-refractivity contribution is 5.79. The van der Waals surface area contributed by atoms with Crippen LogP contribution in [0.3, 0.4) is 0 Å². The van der Waals surface area contributed by atoms with Crippen molar-refractivity contribution in [2.24, 2.45) is 0 Å². The van der Waals surface area contributed by atoms with E-state index in [-0.39, 0.29) is 30.2 Å². The number of hydrogen-bond donors (Lipinski definition) is 1. The molecule has 2 aromatic carbocycles. The van der Waals surface area contributed by atoms with E-state index in [9.17, 15) is 14.3 Å². The lowest BCUT2D eigenvalue weighted by molar-refractivity contribution is -0.160. The number of aromatic nitrogens is 2. The molecule has 1 aliphatic heterocycles. The first-order valence-corrected chi connectivity index (χ1v) is 11.1. The van der Waals surface area contributed by atoms with Crippen molar-refractivity contribution in [2.45, 2.75) is 64.7 Å². The number of rotatable bonds is 6. The fourth-order valence-electron chi connectivity index (χ4n) is 4.26. The number of halogens is 1. The molecule has 0 spiro atoms. The monoisotopic (exact) mass is 436 g/mol. The minimum absolute atomic E-state index is 0.0528. The van der Waals surface area contributed by atoms with Crippen LogP contribution in [0, 0.1) is 12.7 Å². The van der Waals surface area contributed by atoms with Gasteiger partial charge in [0.15, 0.2) is 0 Å². The van der Waals surface area contributed by atoms with Crippen LogP contribution in [0.1, 0.15) is 50.4 Å². The van der Waals surface area contributed by atoms with Crippen molar-refractivity contribution in [2.75, 3.05) is 0 Å². The van der Waals surface area contributed by atoms with Gasteiger partial charge in [0.25, 0.3) is 0 Å². The second-order valence-corrected chi connectivity index (χ2v) is 8.84. The van der Waals surface area contributed by atoms with Crippen LogP contribution in [0.15, 0.2) is 48.5 Å². The smallest absolute Gasteiger partial charge is 0.308 e. The third kappa shape index (κ3) is 4.75. The first-order chi connectivity index (χ1) is 15.3. The number of cyclic esters (lactones) is 1. The van der Waals surface area contributed by atoms with Gasteiger partial charge in [-0.05, 0) is 31.2 Å². The molecular formula is C26H29FN2O3. The lowest BCUT2D eigenvalue weighted by Crippen LogP contribution is -2.33. The van der Waals surface area contributed by atoms with Crippen LogP contribution in [0.4, 0.5) is 4.39 Å². The zero-order chi connectivity index (χ0) is 22.8. The van der Waals surface area contributed by atoms with Gasteiger partial charge < -0.3 is 14.4 Å². The first kappa shape index (κ1) is 22.2. The van der Waals surface area contributed by atoms with Gasteiger partial charge in [-0.1, -0.05) is 43.7 Å². The van der Waals surface area contributed by atoms with Crippen LogP contribution < -0.4 is 0 Å². The summed E-state index contributed by atoms with van der Waals surface area (Å²) >= 11 is 0. The molecule has 1 saturated heterocycles. The standard InChI is InChI=1S/C26H29FN2O3/c1-16(2)26-28-24(18-6-4-17(3)5-7-18)25(19-8-10-20(27)11-9-19)29(26)13-12-22-14-21(30)15-23(31)32-22/h4-11,16,21-22,30H,12-15H2,1-3H3. The van der Waals surface area contributed by atoms with E-state index in [2.05, 4.69) is 42.7 Å². The van der Waals surface area contributed by atoms with E-state index in [0.717, 1.165) is 28.3 Å². The lowest BCUT2D eigenvalue weighted by atomic mass is 10.0. The molecular weight excluding hydrogens is 407 g/mol. The van der Waals surface area contributed by atoms with Crippen molar-refractivity contribution >= 4 is 5.97 Å². The quantitative estimate of drug-likeness (QED) is 0.537. The fraction of sp³-hybridized carbons (Fsp3) is 0.385. The summed E-state index contributed by atoms with van der Waals surface area (Å²) < 4.78 is 21.3. The minimum Gasteiger partial charge on any atom is -0.462 e. The summed E-state index contributed by atoms with van der Waals surface area (Å²) in [6.07, 6.45) is 0.0667. The molecule has 3 aromatic rings. The predicted molar refractivity (Wildman–Crippen MR) is 122 cm³/mol. The van der Waals surface area contributed by atoms with Gasteiger partial charge in [-0.15, -0.1) is 0 Å². The van der Waals surface area contributed by atoms with Gasteiger partial charge in [0.2, 0.25) is 0 Å². The highest BCUT2D eigenvalue weighted by atomic mass is 19.1. The average molecular weight is 437 g/mol. The highest BCUT2D eigenvalue weighted by Crippen LogP contribution is 2.36. The number of carbonyl (C=O) groups is 1. The number of aliphatic hydroxyl groups excluding tert-OH is 1. The maximum absolute atomic E-state index is 13.7. The third-order valence-corrected chi connectivity index (χ3v) is 5.87. The van der Waals surface area contributed by atoms with Gasteiger partial charge in [0, 0.05) is 36.4 Å². The Kier molecular flexibility index (Phi) is 6.42. The van der Waals surface area contributed by atoms with Crippen LogP contribution in [-0.2, 0) is 16.1 Å². The molecule has 2 heterocycles. The Hall–Kier alpha value is -2.99. The van der Waals surface area contributed by atoms with Crippen LogP contribution >= 0.6 is 0 Å². The van der Waals surface area contributed by atoms with Crippen molar-refractivity contribution in [3.63, 3.8) is 0 Å². The summed E-state index contributed by atoms with van der Waals surface area (Å²) in [7, 11) is 0. The average Bonchev–Trinajstić information content (AvgIpc) is 3.12. The predicted octanol–water partition coefficient (Wildman–Crippen LogP) is 5.24. The van der Waals surface area contributed by atoms with Gasteiger partial charge in [-0.2, -0.15) is 0 Å². The Balaban J connectivity index is 1.78. The number of aliphatic hydroxyl groups is 1. The molecule has 1 fully saturated rings. The normalized spacial score (nSPS) is 18.8. The fourth-order valence-corrected chi connectivity index (χ4v) is 4.26. The van der Waals surface area contributed by atoms with Crippen molar-refractivity contribution in [3.8, 4) is 22.5 Å². The molecule has 6 heteroatoms. The summed E-state index contributed by atoms with van der Waals surface area (Å²) in [4.78, 5) is 16.8. The molecule has 2 atom stereocenters. The zero-order valence-electron chi connectivity index (χ0n) is 18.7. The number of esters is 1. The van der Waals surface area contributed by atoms with Gasteiger partial charge in [-0.3, -0.25) is 4.79 Å². The van der Waals surface area contributed by atoms with Gasteiger partial charge in [-0.25, -0.2) is 9.37 Å². The molecule has 1 aliphatic rings. The van der Waals surface area contributed by atoms with E-state index >= 15 is 0 Å². The Bertz CT molecular complexity index is 1090. The molecule has 5 nitrogen and oxygen atoms in total. The summed E-state index contributed by atoms with van der Waals surface area (Å²) in [6.45, 7) is 6.81. The van der Waals surface area contributed by atoms with Crippen LogP contribution in [-0.4, -0.2) is 32.8 Å². The molecule has 0 amide bonds. The lowest BCUT2D eigenvalue weighted by Gasteiger charge is -2.26. The third-order valence-electron chi connectivity index (χ3n) is 5.87. The second kappa shape index (κ2) is 9.25. The largest absolute Gasteiger partial charge is 0.462 e. The molecule has 1 aromatic heterocycles. The topological polar surface area (TPSA) is 64.3 Å². The van der Waals surface area contributed by atoms with E-state index < -0.39 is 6.10 Å². The number of ether oxygens (including phenoxy) is 1. The molecule has 0 radical (unpaired) electrons. The number of nitrogens with zero attached hydrogens (tertiary/aromatic N) is 2. The van der Waals surface area contributed by atoms with Crippen molar-refractivity contribution < 1.29 is 19.0 Å².